The summed E-state index contributed by atoms with van der Waals surface area (Å²) in [6, 6.07) is 9.36. The number of benzene rings is 2. The average molecular weight is 421 g/mol. The van der Waals surface area contributed by atoms with Gasteiger partial charge in [-0.3, -0.25) is 9.59 Å². The molecule has 31 heavy (non-hydrogen) atoms. The minimum absolute atomic E-state index is 0.0714. The summed E-state index contributed by atoms with van der Waals surface area (Å²) in [6.45, 7) is 5.09. The first-order valence-corrected chi connectivity index (χ1v) is 10.5. The second-order valence-electron chi connectivity index (χ2n) is 7.53. The molecule has 1 aliphatic carbocycles. The molecule has 5 rings (SSSR count). The molecule has 1 aliphatic heterocycles. The van der Waals surface area contributed by atoms with Crippen LogP contribution in [-0.4, -0.2) is 56.4 Å². The summed E-state index contributed by atoms with van der Waals surface area (Å²) in [5.41, 5.74) is 4.15. The van der Waals surface area contributed by atoms with Gasteiger partial charge in [-0.05, 0) is 6.07 Å². The molecule has 2 aromatic carbocycles. The largest absolute Gasteiger partial charge is 0.464 e. The van der Waals surface area contributed by atoms with Gasteiger partial charge in [-0.15, -0.1) is 0 Å². The maximum Gasteiger partial charge on any atom is 0.305 e. The number of nitrogens with one attached hydrogen (secondary N) is 1. The van der Waals surface area contributed by atoms with Crippen LogP contribution in [0, 0.1) is 0 Å². The summed E-state index contributed by atoms with van der Waals surface area (Å²) in [4.78, 5) is 27.1. The Bertz CT molecular complexity index is 1160. The highest BCUT2D eigenvalue weighted by atomic mass is 16.5. The fraction of sp³-hybridized carbons (Fsp3) is 0.348. The number of nitrogens with zero attached hydrogens (tertiary/aromatic N) is 2. The van der Waals surface area contributed by atoms with E-state index in [2.05, 4.69) is 15.4 Å². The molecule has 2 aliphatic rings. The minimum Gasteiger partial charge on any atom is -0.464 e. The third-order valence-electron chi connectivity index (χ3n) is 5.70. The number of anilines is 2. The standard InChI is InChI=1S/C23H23N3O5/c1-2-18(27)30-10-7-24-16-13-17(26-8-11-29-12-9-26)21-20-19(16)22(28)14-5-3-4-6-15(14)23(20)31-25-21/h3-6,13,24H,2,7-12H2,1H3. The van der Waals surface area contributed by atoms with Crippen molar-refractivity contribution >= 4 is 34.0 Å². The van der Waals surface area contributed by atoms with Crippen molar-refractivity contribution in [3.05, 3.63) is 41.5 Å². The van der Waals surface area contributed by atoms with Crippen LogP contribution in [0.25, 0.3) is 22.2 Å². The van der Waals surface area contributed by atoms with Crippen molar-refractivity contribution in [2.24, 2.45) is 0 Å². The molecule has 0 atom stereocenters. The lowest BCUT2D eigenvalue weighted by Crippen LogP contribution is -2.36. The molecule has 0 amide bonds. The van der Waals surface area contributed by atoms with E-state index in [1.54, 1.807) is 13.0 Å². The molecule has 1 fully saturated rings. The van der Waals surface area contributed by atoms with Gasteiger partial charge in [0.05, 0.1) is 29.9 Å². The van der Waals surface area contributed by atoms with Gasteiger partial charge < -0.3 is 24.2 Å². The second kappa shape index (κ2) is 8.03. The summed E-state index contributed by atoms with van der Waals surface area (Å²) in [7, 11) is 0. The summed E-state index contributed by atoms with van der Waals surface area (Å²) in [5, 5.41) is 8.39. The first kappa shape index (κ1) is 19.6. The Kier molecular flexibility index (Phi) is 5.07. The van der Waals surface area contributed by atoms with Crippen molar-refractivity contribution in [3.8, 4) is 11.3 Å². The number of hydrogen-bond acceptors (Lipinski definition) is 8. The monoisotopic (exact) mass is 421 g/mol. The lowest BCUT2D eigenvalue weighted by atomic mass is 9.86. The van der Waals surface area contributed by atoms with Gasteiger partial charge in [0.1, 0.15) is 12.1 Å². The number of ether oxygens (including phenoxy) is 2. The van der Waals surface area contributed by atoms with Gasteiger partial charge in [0.2, 0.25) is 0 Å². The molecule has 0 saturated carbocycles. The zero-order chi connectivity index (χ0) is 21.4. The van der Waals surface area contributed by atoms with Crippen LogP contribution < -0.4 is 10.2 Å². The molecule has 0 bridgehead atoms. The van der Waals surface area contributed by atoms with Crippen molar-refractivity contribution in [1.29, 1.82) is 0 Å². The SMILES string of the molecule is CCC(=O)OCCNc1cc(N2CCOCC2)c2noc3c2c1C(=O)c1ccccc1-3. The molecule has 160 valence electrons. The molecule has 0 unspecified atom stereocenters. The fourth-order valence-corrected chi connectivity index (χ4v) is 4.18. The first-order valence-electron chi connectivity index (χ1n) is 10.5. The number of fused-ring (bicyclic) bond motifs is 2. The molecular weight excluding hydrogens is 398 g/mol. The maximum absolute atomic E-state index is 13.5. The molecule has 1 N–H and O–H groups in total. The molecule has 2 heterocycles. The Balaban J connectivity index is 1.61. The molecule has 0 spiro atoms. The highest BCUT2D eigenvalue weighted by Gasteiger charge is 2.33. The number of carbonyl (C=O) groups excluding carboxylic acids is 2. The molecule has 0 radical (unpaired) electrons. The summed E-state index contributed by atoms with van der Waals surface area (Å²) < 4.78 is 16.5. The van der Waals surface area contributed by atoms with E-state index in [0.717, 1.165) is 29.7 Å². The molecule has 8 nitrogen and oxygen atoms in total. The normalized spacial score (nSPS) is 15.1. The van der Waals surface area contributed by atoms with E-state index in [-0.39, 0.29) is 18.4 Å². The van der Waals surface area contributed by atoms with Gasteiger partial charge in [0.15, 0.2) is 11.5 Å². The molecular formula is C23H23N3O5. The van der Waals surface area contributed by atoms with E-state index < -0.39 is 0 Å². The van der Waals surface area contributed by atoms with E-state index >= 15 is 0 Å². The van der Waals surface area contributed by atoms with Gasteiger partial charge in [-0.2, -0.15) is 0 Å². The third kappa shape index (κ3) is 3.33. The van der Waals surface area contributed by atoms with E-state index in [1.165, 1.54) is 0 Å². The van der Waals surface area contributed by atoms with Gasteiger partial charge in [0.25, 0.3) is 0 Å². The van der Waals surface area contributed by atoms with Crippen molar-refractivity contribution < 1.29 is 23.6 Å². The quantitative estimate of drug-likeness (QED) is 0.375. The molecule has 1 saturated heterocycles. The van der Waals surface area contributed by atoms with Crippen LogP contribution in [-0.2, 0) is 14.3 Å². The van der Waals surface area contributed by atoms with Crippen molar-refractivity contribution in [3.63, 3.8) is 0 Å². The van der Waals surface area contributed by atoms with E-state index in [0.29, 0.717) is 54.3 Å². The van der Waals surface area contributed by atoms with Crippen LogP contribution in [0.2, 0.25) is 0 Å². The maximum atomic E-state index is 13.5. The Morgan fingerprint density at radius 3 is 2.77 bits per heavy atom. The first-order chi connectivity index (χ1) is 15.2. The van der Waals surface area contributed by atoms with Crippen LogP contribution in [0.1, 0.15) is 29.3 Å². The van der Waals surface area contributed by atoms with Crippen molar-refractivity contribution in [1.82, 2.24) is 5.16 Å². The molecule has 8 heteroatoms. The van der Waals surface area contributed by atoms with Crippen LogP contribution in [0.4, 0.5) is 11.4 Å². The van der Waals surface area contributed by atoms with Gasteiger partial charge in [-0.25, -0.2) is 0 Å². The highest BCUT2D eigenvalue weighted by Crippen LogP contribution is 2.45. The Hall–Kier alpha value is -3.39. The number of carbonyl (C=O) groups is 2. The number of esters is 1. The van der Waals surface area contributed by atoms with Gasteiger partial charge in [-0.1, -0.05) is 36.3 Å². The number of hydrogen-bond donors (Lipinski definition) is 1. The van der Waals surface area contributed by atoms with E-state index in [4.69, 9.17) is 14.0 Å². The topological polar surface area (TPSA) is 93.9 Å². The summed E-state index contributed by atoms with van der Waals surface area (Å²) >= 11 is 0. The average Bonchev–Trinajstić information content (AvgIpc) is 3.26. The Morgan fingerprint density at radius 2 is 2.00 bits per heavy atom. The predicted molar refractivity (Wildman–Crippen MR) is 116 cm³/mol. The minimum atomic E-state index is -0.251. The zero-order valence-electron chi connectivity index (χ0n) is 17.3. The van der Waals surface area contributed by atoms with Crippen molar-refractivity contribution in [2.45, 2.75) is 13.3 Å². The summed E-state index contributed by atoms with van der Waals surface area (Å²) in [6.07, 6.45) is 0.331. The number of morpholine rings is 1. The predicted octanol–water partition coefficient (Wildman–Crippen LogP) is 3.24. The number of rotatable bonds is 6. The van der Waals surface area contributed by atoms with Gasteiger partial charge >= 0.3 is 5.97 Å². The highest BCUT2D eigenvalue weighted by molar-refractivity contribution is 6.28. The molecule has 3 aromatic rings. The van der Waals surface area contributed by atoms with Crippen molar-refractivity contribution in [2.75, 3.05) is 49.7 Å². The summed E-state index contributed by atoms with van der Waals surface area (Å²) in [5.74, 6) is 0.285. The lowest BCUT2D eigenvalue weighted by molar-refractivity contribution is -0.142. The van der Waals surface area contributed by atoms with Crippen LogP contribution >= 0.6 is 0 Å². The van der Waals surface area contributed by atoms with Crippen LogP contribution in [0.5, 0.6) is 0 Å². The van der Waals surface area contributed by atoms with E-state index in [1.807, 2.05) is 24.3 Å². The number of ketones is 1. The van der Waals surface area contributed by atoms with Crippen LogP contribution in [0.15, 0.2) is 34.9 Å². The fourth-order valence-electron chi connectivity index (χ4n) is 4.18. The number of aromatic nitrogens is 1. The van der Waals surface area contributed by atoms with Crippen LogP contribution in [0.3, 0.4) is 0 Å². The van der Waals surface area contributed by atoms with E-state index in [9.17, 15) is 9.59 Å². The zero-order valence-corrected chi connectivity index (χ0v) is 17.3. The molecule has 1 aromatic heterocycles. The smallest absolute Gasteiger partial charge is 0.305 e. The Morgan fingerprint density at radius 1 is 1.23 bits per heavy atom. The van der Waals surface area contributed by atoms with Gasteiger partial charge in [0, 0.05) is 42.9 Å². The second-order valence-corrected chi connectivity index (χ2v) is 7.53. The Labute approximate surface area is 179 Å². The lowest BCUT2D eigenvalue weighted by Gasteiger charge is -2.30. The third-order valence-corrected chi connectivity index (χ3v) is 5.70.